The van der Waals surface area contributed by atoms with Gasteiger partial charge < -0.3 is 14.5 Å². The number of benzene rings is 1. The predicted octanol–water partition coefficient (Wildman–Crippen LogP) is 4.09. The van der Waals surface area contributed by atoms with E-state index in [-0.39, 0.29) is 11.4 Å². The molecule has 0 aliphatic carbocycles. The number of likely N-dealkylation sites (tertiary alicyclic amines) is 2. The van der Waals surface area contributed by atoms with Crippen molar-refractivity contribution in [2.45, 2.75) is 63.7 Å². The van der Waals surface area contributed by atoms with Gasteiger partial charge in [-0.25, -0.2) is 4.98 Å². The molecule has 4 rings (SSSR count). The third-order valence-electron chi connectivity index (χ3n) is 7.26. The molecule has 2 saturated heterocycles. The van der Waals surface area contributed by atoms with Gasteiger partial charge in [0.05, 0.1) is 12.6 Å². The summed E-state index contributed by atoms with van der Waals surface area (Å²) in [6.45, 7) is 4.82. The molecule has 0 spiro atoms. The molecule has 3 heterocycles. The predicted molar refractivity (Wildman–Crippen MR) is 128 cm³/mol. The van der Waals surface area contributed by atoms with Crippen LogP contribution >= 0.6 is 0 Å². The minimum Gasteiger partial charge on any atom is -0.497 e. The van der Waals surface area contributed by atoms with Crippen LogP contribution in [0, 0.1) is 0 Å². The molecular formula is C26H36N4O2. The fourth-order valence-electron chi connectivity index (χ4n) is 5.47. The lowest BCUT2D eigenvalue weighted by molar-refractivity contribution is -0.140. The molecule has 1 aromatic carbocycles. The molecular weight excluding hydrogens is 400 g/mol. The van der Waals surface area contributed by atoms with Crippen molar-refractivity contribution >= 4 is 11.7 Å². The molecule has 172 valence electrons. The van der Waals surface area contributed by atoms with Crippen molar-refractivity contribution in [2.75, 3.05) is 32.6 Å². The van der Waals surface area contributed by atoms with Crippen molar-refractivity contribution in [1.29, 1.82) is 0 Å². The maximum atomic E-state index is 13.3. The monoisotopic (exact) mass is 436 g/mol. The minimum absolute atomic E-state index is 0.169. The van der Waals surface area contributed by atoms with Crippen molar-refractivity contribution in [3.8, 4) is 5.75 Å². The Hall–Kier alpha value is -2.60. The van der Waals surface area contributed by atoms with E-state index in [4.69, 9.17) is 4.74 Å². The lowest BCUT2D eigenvalue weighted by atomic mass is 9.84. The zero-order valence-electron chi connectivity index (χ0n) is 19.9. The Balaban J connectivity index is 1.60. The normalized spacial score (nSPS) is 24.1. The van der Waals surface area contributed by atoms with Crippen LogP contribution in [-0.4, -0.2) is 60.0 Å². The van der Waals surface area contributed by atoms with E-state index >= 15 is 0 Å². The van der Waals surface area contributed by atoms with Crippen molar-refractivity contribution in [1.82, 2.24) is 14.8 Å². The summed E-state index contributed by atoms with van der Waals surface area (Å²) < 4.78 is 5.31. The Morgan fingerprint density at radius 1 is 1.16 bits per heavy atom. The molecule has 2 aromatic rings. The maximum absolute atomic E-state index is 13.3. The number of anilines is 1. The number of methoxy groups -OCH3 is 1. The second-order valence-corrected chi connectivity index (χ2v) is 9.55. The van der Waals surface area contributed by atoms with Crippen LogP contribution < -0.4 is 9.64 Å². The van der Waals surface area contributed by atoms with Crippen LogP contribution in [0.25, 0.3) is 0 Å². The average molecular weight is 437 g/mol. The van der Waals surface area contributed by atoms with Crippen LogP contribution in [0.5, 0.6) is 5.75 Å². The molecule has 0 unspecified atom stereocenters. The first kappa shape index (κ1) is 22.6. The maximum Gasteiger partial charge on any atom is 0.223 e. The summed E-state index contributed by atoms with van der Waals surface area (Å²) in [6, 6.07) is 12.7. The number of pyridine rings is 1. The number of carbonyl (C=O) groups excluding carboxylic acids is 1. The van der Waals surface area contributed by atoms with E-state index in [0.717, 1.165) is 55.9 Å². The molecule has 0 radical (unpaired) electrons. The Labute approximate surface area is 192 Å². The number of rotatable bonds is 6. The van der Waals surface area contributed by atoms with Gasteiger partial charge in [0.2, 0.25) is 5.91 Å². The number of aromatic nitrogens is 1. The van der Waals surface area contributed by atoms with E-state index in [1.54, 1.807) is 7.11 Å². The van der Waals surface area contributed by atoms with Gasteiger partial charge in [-0.05, 0) is 49.9 Å². The second-order valence-electron chi connectivity index (χ2n) is 9.55. The molecule has 0 saturated carbocycles. The highest BCUT2D eigenvalue weighted by Crippen LogP contribution is 2.41. The first-order valence-corrected chi connectivity index (χ1v) is 11.7. The molecule has 2 fully saturated rings. The number of carbonyl (C=O) groups is 1. The van der Waals surface area contributed by atoms with Crippen LogP contribution in [-0.2, 0) is 17.9 Å². The standard InChI is InChI=1S/C26H36N4O2/c1-26-15-17-29(19-21-8-7-16-27-25(21)28(2)3)23(26)9-5-6-10-24(31)30(26)18-20-11-13-22(32-4)14-12-20/h7-8,11-14,16,23H,5-6,9-10,15,17-19H2,1-4H3/t23-,26-/m1/s1. The first-order valence-electron chi connectivity index (χ1n) is 11.7. The quantitative estimate of drug-likeness (QED) is 0.683. The summed E-state index contributed by atoms with van der Waals surface area (Å²) in [4.78, 5) is 24.8. The highest BCUT2D eigenvalue weighted by Gasteiger charge is 2.49. The first-order chi connectivity index (χ1) is 15.4. The number of hydrogen-bond acceptors (Lipinski definition) is 5. The second kappa shape index (κ2) is 9.49. The lowest BCUT2D eigenvalue weighted by Crippen LogP contribution is -2.57. The number of amides is 1. The van der Waals surface area contributed by atoms with Gasteiger partial charge in [0.15, 0.2) is 0 Å². The van der Waals surface area contributed by atoms with Crippen LogP contribution in [0.2, 0.25) is 0 Å². The molecule has 2 aliphatic rings. The SMILES string of the molecule is COc1ccc(CN2C(=O)CCCC[C@H]3N(Cc4cccnc4N(C)C)CC[C@]32C)cc1. The van der Waals surface area contributed by atoms with Gasteiger partial charge in [0.1, 0.15) is 11.6 Å². The molecule has 6 nitrogen and oxygen atoms in total. The van der Waals surface area contributed by atoms with Crippen molar-refractivity contribution < 1.29 is 9.53 Å². The topological polar surface area (TPSA) is 48.9 Å². The molecule has 32 heavy (non-hydrogen) atoms. The summed E-state index contributed by atoms with van der Waals surface area (Å²) in [6.07, 6.45) is 6.70. The lowest BCUT2D eigenvalue weighted by Gasteiger charge is -2.46. The fraction of sp³-hybridized carbons (Fsp3) is 0.538. The third kappa shape index (κ3) is 4.46. The molecule has 0 bridgehead atoms. The Bertz CT molecular complexity index is 930. The van der Waals surface area contributed by atoms with E-state index in [1.165, 1.54) is 5.56 Å². The summed E-state index contributed by atoms with van der Waals surface area (Å²) in [5.41, 5.74) is 2.23. The van der Waals surface area contributed by atoms with Gasteiger partial charge in [-0.3, -0.25) is 9.69 Å². The number of fused-ring (bicyclic) bond motifs is 1. The Morgan fingerprint density at radius 2 is 1.94 bits per heavy atom. The van der Waals surface area contributed by atoms with Crippen LogP contribution in [0.1, 0.15) is 50.2 Å². The summed E-state index contributed by atoms with van der Waals surface area (Å²) >= 11 is 0. The Morgan fingerprint density at radius 3 is 2.66 bits per heavy atom. The zero-order chi connectivity index (χ0) is 22.7. The molecule has 1 aromatic heterocycles. The van der Waals surface area contributed by atoms with E-state index in [1.807, 2.05) is 38.5 Å². The largest absolute Gasteiger partial charge is 0.497 e. The van der Waals surface area contributed by atoms with Gasteiger partial charge in [-0.2, -0.15) is 0 Å². The van der Waals surface area contributed by atoms with Gasteiger partial charge in [0, 0.05) is 58.0 Å². The summed E-state index contributed by atoms with van der Waals surface area (Å²) in [5, 5.41) is 0. The Kier molecular flexibility index (Phi) is 6.70. The van der Waals surface area contributed by atoms with Crippen LogP contribution in [0.3, 0.4) is 0 Å². The van der Waals surface area contributed by atoms with Gasteiger partial charge in [-0.1, -0.05) is 24.6 Å². The van der Waals surface area contributed by atoms with Gasteiger partial charge in [0.25, 0.3) is 0 Å². The smallest absolute Gasteiger partial charge is 0.223 e. The highest BCUT2D eigenvalue weighted by atomic mass is 16.5. The van der Waals surface area contributed by atoms with Crippen LogP contribution in [0.15, 0.2) is 42.6 Å². The van der Waals surface area contributed by atoms with Crippen molar-refractivity contribution in [2.24, 2.45) is 0 Å². The zero-order valence-corrected chi connectivity index (χ0v) is 19.9. The van der Waals surface area contributed by atoms with Crippen LogP contribution in [0.4, 0.5) is 5.82 Å². The highest BCUT2D eigenvalue weighted by molar-refractivity contribution is 5.77. The van der Waals surface area contributed by atoms with E-state index in [2.05, 4.69) is 44.8 Å². The van der Waals surface area contributed by atoms with E-state index < -0.39 is 0 Å². The number of hydrogen-bond donors (Lipinski definition) is 0. The molecule has 1 amide bonds. The number of ether oxygens (including phenoxy) is 1. The molecule has 6 heteroatoms. The number of nitrogens with zero attached hydrogens (tertiary/aromatic N) is 4. The van der Waals surface area contributed by atoms with E-state index in [9.17, 15) is 4.79 Å². The molecule has 2 atom stereocenters. The van der Waals surface area contributed by atoms with E-state index in [0.29, 0.717) is 19.0 Å². The molecule has 0 N–H and O–H groups in total. The minimum atomic E-state index is -0.169. The van der Waals surface area contributed by atoms with Crippen molar-refractivity contribution in [3.05, 3.63) is 53.7 Å². The molecule has 2 aliphatic heterocycles. The summed E-state index contributed by atoms with van der Waals surface area (Å²) in [5.74, 6) is 2.15. The van der Waals surface area contributed by atoms with Gasteiger partial charge >= 0.3 is 0 Å². The van der Waals surface area contributed by atoms with Gasteiger partial charge in [-0.15, -0.1) is 0 Å². The average Bonchev–Trinajstić information content (AvgIpc) is 3.10. The summed E-state index contributed by atoms with van der Waals surface area (Å²) in [7, 11) is 5.77. The van der Waals surface area contributed by atoms with Crippen molar-refractivity contribution in [3.63, 3.8) is 0 Å². The third-order valence-corrected chi connectivity index (χ3v) is 7.26. The fourth-order valence-corrected chi connectivity index (χ4v) is 5.47.